The van der Waals surface area contributed by atoms with Crippen LogP contribution in [0.2, 0.25) is 5.02 Å². The largest absolute Gasteiger partial charge is 0.305 e. The molecule has 1 unspecified atom stereocenters. The van der Waals surface area contributed by atoms with Crippen molar-refractivity contribution >= 4 is 11.6 Å². The summed E-state index contributed by atoms with van der Waals surface area (Å²) in [7, 11) is 0. The number of nitrogens with zero attached hydrogens (tertiary/aromatic N) is 3. The van der Waals surface area contributed by atoms with Crippen LogP contribution in [-0.4, -0.2) is 21.5 Å². The number of halogens is 2. The summed E-state index contributed by atoms with van der Waals surface area (Å²) in [6, 6.07) is 4.72. The molecule has 108 valence electrons. The van der Waals surface area contributed by atoms with Gasteiger partial charge in [-0.3, -0.25) is 0 Å². The molecule has 0 bridgehead atoms. The van der Waals surface area contributed by atoms with E-state index in [9.17, 15) is 4.39 Å². The topological polar surface area (TPSA) is 42.7 Å². The van der Waals surface area contributed by atoms with Crippen LogP contribution < -0.4 is 5.32 Å². The number of nitrogens with one attached hydrogen (secondary N) is 1. The van der Waals surface area contributed by atoms with Gasteiger partial charge in [0, 0.05) is 12.1 Å². The lowest BCUT2D eigenvalue weighted by Crippen LogP contribution is -2.26. The third-order valence-corrected chi connectivity index (χ3v) is 3.37. The lowest BCUT2D eigenvalue weighted by atomic mass is 10.0. The molecule has 1 atom stereocenters. The van der Waals surface area contributed by atoms with Crippen molar-refractivity contribution in [1.82, 2.24) is 20.3 Å². The maximum atomic E-state index is 14.3. The van der Waals surface area contributed by atoms with Gasteiger partial charge in [0.1, 0.15) is 5.82 Å². The van der Waals surface area contributed by atoms with E-state index in [0.717, 1.165) is 18.7 Å². The Balaban J connectivity index is 2.45. The first-order valence-electron chi connectivity index (χ1n) is 6.74. The molecule has 0 amide bonds. The molecule has 2 rings (SSSR count). The standard InChI is InChI=1S/C14H18ClFN4/c1-3-8-20-12(9-18-19-20)14(17-4-2)10-6-5-7-11(15)13(10)16/h5-7,9,14,17H,3-4,8H2,1-2H3. The lowest BCUT2D eigenvalue weighted by Gasteiger charge is -2.20. The van der Waals surface area contributed by atoms with Crippen LogP contribution in [0.4, 0.5) is 4.39 Å². The van der Waals surface area contributed by atoms with E-state index in [-0.39, 0.29) is 11.1 Å². The van der Waals surface area contributed by atoms with E-state index >= 15 is 0 Å². The fourth-order valence-electron chi connectivity index (χ4n) is 2.20. The molecule has 1 N–H and O–H groups in total. The maximum Gasteiger partial charge on any atom is 0.146 e. The molecule has 0 spiro atoms. The average Bonchev–Trinajstić information content (AvgIpc) is 2.88. The second-order valence-electron chi connectivity index (χ2n) is 4.52. The summed E-state index contributed by atoms with van der Waals surface area (Å²) in [5.41, 5.74) is 1.36. The highest BCUT2D eigenvalue weighted by molar-refractivity contribution is 6.30. The third kappa shape index (κ3) is 2.99. The molecule has 0 fully saturated rings. The number of aryl methyl sites for hydroxylation is 1. The van der Waals surface area contributed by atoms with E-state index in [4.69, 9.17) is 11.6 Å². The summed E-state index contributed by atoms with van der Waals surface area (Å²) in [6.45, 7) is 5.49. The summed E-state index contributed by atoms with van der Waals surface area (Å²) in [5.74, 6) is -0.399. The molecule has 1 heterocycles. The van der Waals surface area contributed by atoms with Crippen LogP contribution in [0.3, 0.4) is 0 Å². The molecule has 0 radical (unpaired) electrons. The van der Waals surface area contributed by atoms with Gasteiger partial charge in [-0.2, -0.15) is 0 Å². The summed E-state index contributed by atoms with van der Waals surface area (Å²) in [6.07, 6.45) is 2.61. The highest BCUT2D eigenvalue weighted by Gasteiger charge is 2.22. The van der Waals surface area contributed by atoms with Crippen molar-refractivity contribution in [3.63, 3.8) is 0 Å². The van der Waals surface area contributed by atoms with Crippen molar-refractivity contribution in [2.45, 2.75) is 32.9 Å². The predicted octanol–water partition coefficient (Wildman–Crippen LogP) is 3.18. The van der Waals surface area contributed by atoms with E-state index < -0.39 is 5.82 Å². The highest BCUT2D eigenvalue weighted by atomic mass is 35.5. The summed E-state index contributed by atoms with van der Waals surface area (Å²) in [4.78, 5) is 0. The van der Waals surface area contributed by atoms with Gasteiger partial charge in [0.25, 0.3) is 0 Å². The Morgan fingerprint density at radius 1 is 1.40 bits per heavy atom. The first-order chi connectivity index (χ1) is 9.69. The van der Waals surface area contributed by atoms with E-state index in [0.29, 0.717) is 12.1 Å². The van der Waals surface area contributed by atoms with Crippen molar-refractivity contribution in [2.75, 3.05) is 6.54 Å². The molecule has 1 aromatic carbocycles. The Bertz CT molecular complexity index is 570. The minimum atomic E-state index is -0.399. The van der Waals surface area contributed by atoms with Gasteiger partial charge in [0.15, 0.2) is 0 Å². The minimum absolute atomic E-state index is 0.125. The smallest absolute Gasteiger partial charge is 0.146 e. The highest BCUT2D eigenvalue weighted by Crippen LogP contribution is 2.27. The maximum absolute atomic E-state index is 14.3. The fourth-order valence-corrected chi connectivity index (χ4v) is 2.38. The van der Waals surface area contributed by atoms with Crippen molar-refractivity contribution in [1.29, 1.82) is 0 Å². The molecule has 0 aliphatic heterocycles. The van der Waals surface area contributed by atoms with Gasteiger partial charge in [-0.1, -0.05) is 42.8 Å². The second kappa shape index (κ2) is 6.81. The van der Waals surface area contributed by atoms with Crippen LogP contribution in [0.15, 0.2) is 24.4 Å². The zero-order valence-electron chi connectivity index (χ0n) is 11.6. The average molecular weight is 297 g/mol. The normalized spacial score (nSPS) is 12.6. The fraction of sp³-hybridized carbons (Fsp3) is 0.429. The molecule has 20 heavy (non-hydrogen) atoms. The van der Waals surface area contributed by atoms with Crippen LogP contribution >= 0.6 is 11.6 Å². The molecule has 0 aliphatic rings. The zero-order valence-corrected chi connectivity index (χ0v) is 12.4. The van der Waals surface area contributed by atoms with E-state index in [2.05, 4.69) is 22.6 Å². The van der Waals surface area contributed by atoms with Crippen molar-refractivity contribution in [3.05, 3.63) is 46.5 Å². The van der Waals surface area contributed by atoms with Crippen LogP contribution in [0.1, 0.15) is 37.6 Å². The number of hydrogen-bond acceptors (Lipinski definition) is 3. The van der Waals surface area contributed by atoms with Gasteiger partial charge < -0.3 is 5.32 Å². The van der Waals surface area contributed by atoms with E-state index in [1.54, 1.807) is 29.1 Å². The van der Waals surface area contributed by atoms with Gasteiger partial charge in [0.2, 0.25) is 0 Å². The Hall–Kier alpha value is -1.46. The van der Waals surface area contributed by atoms with Crippen LogP contribution in [0, 0.1) is 5.82 Å². The number of aromatic nitrogens is 3. The van der Waals surface area contributed by atoms with E-state index in [1.807, 2.05) is 6.92 Å². The van der Waals surface area contributed by atoms with Gasteiger partial charge in [0.05, 0.1) is 23.0 Å². The quantitative estimate of drug-likeness (QED) is 0.890. The van der Waals surface area contributed by atoms with Crippen LogP contribution in [0.5, 0.6) is 0 Å². The van der Waals surface area contributed by atoms with E-state index in [1.165, 1.54) is 0 Å². The SMILES string of the molecule is CCCn1nncc1C(NCC)c1cccc(Cl)c1F. The molecular formula is C14H18ClFN4. The molecule has 0 saturated carbocycles. The Morgan fingerprint density at radius 2 is 2.20 bits per heavy atom. The molecule has 4 nitrogen and oxygen atoms in total. The van der Waals surface area contributed by atoms with Crippen LogP contribution in [-0.2, 0) is 6.54 Å². The molecule has 0 aliphatic carbocycles. The van der Waals surface area contributed by atoms with Crippen molar-refractivity contribution in [2.24, 2.45) is 0 Å². The molecular weight excluding hydrogens is 279 g/mol. The molecule has 2 aromatic rings. The van der Waals surface area contributed by atoms with Crippen molar-refractivity contribution in [3.8, 4) is 0 Å². The van der Waals surface area contributed by atoms with Crippen molar-refractivity contribution < 1.29 is 4.39 Å². The van der Waals surface area contributed by atoms with Gasteiger partial charge in [-0.15, -0.1) is 5.10 Å². The van der Waals surface area contributed by atoms with Crippen LogP contribution in [0.25, 0.3) is 0 Å². The second-order valence-corrected chi connectivity index (χ2v) is 4.92. The molecule has 1 aromatic heterocycles. The first kappa shape index (κ1) is 14.9. The van der Waals surface area contributed by atoms with Gasteiger partial charge in [-0.05, 0) is 19.0 Å². The zero-order chi connectivity index (χ0) is 14.5. The molecule has 6 heteroatoms. The minimum Gasteiger partial charge on any atom is -0.305 e. The lowest BCUT2D eigenvalue weighted by molar-refractivity contribution is 0.496. The van der Waals surface area contributed by atoms with Gasteiger partial charge >= 0.3 is 0 Å². The third-order valence-electron chi connectivity index (χ3n) is 3.08. The molecule has 0 saturated heterocycles. The predicted molar refractivity (Wildman–Crippen MR) is 77.2 cm³/mol. The summed E-state index contributed by atoms with van der Waals surface area (Å²) in [5, 5.41) is 11.4. The number of rotatable bonds is 6. The Labute approximate surface area is 122 Å². The Kier molecular flexibility index (Phi) is 5.09. The number of hydrogen-bond donors (Lipinski definition) is 1. The number of benzene rings is 1. The first-order valence-corrected chi connectivity index (χ1v) is 7.12. The monoisotopic (exact) mass is 296 g/mol. The summed E-state index contributed by atoms with van der Waals surface area (Å²) < 4.78 is 16.1. The van der Waals surface area contributed by atoms with Gasteiger partial charge in [-0.25, -0.2) is 9.07 Å². The summed E-state index contributed by atoms with van der Waals surface area (Å²) >= 11 is 5.88. The Morgan fingerprint density at radius 3 is 2.90 bits per heavy atom.